The van der Waals surface area contributed by atoms with E-state index in [9.17, 15) is 18.0 Å². The highest BCUT2D eigenvalue weighted by Gasteiger charge is 2.21. The Bertz CT molecular complexity index is 187. The SMILES string of the molecule is NC(=O)OC(C=CF)C(F)CCF. The van der Waals surface area contributed by atoms with Crippen LogP contribution in [0.25, 0.3) is 0 Å². The number of carbonyl (C=O) groups is 1. The zero-order chi connectivity index (χ0) is 10.3. The molecule has 0 fully saturated rings. The highest BCUT2D eigenvalue weighted by Crippen LogP contribution is 2.10. The number of hydrogen-bond acceptors (Lipinski definition) is 2. The number of alkyl halides is 2. The molecule has 0 saturated carbocycles. The minimum absolute atomic E-state index is 0.0123. The smallest absolute Gasteiger partial charge is 0.405 e. The average Bonchev–Trinajstić information content (AvgIpc) is 2.03. The standard InChI is InChI=1S/C7H10F3NO2/c8-3-1-5(10)6(2-4-9)13-7(11)12/h2,4-6H,1,3H2,(H2,11,12). The first-order valence-electron chi connectivity index (χ1n) is 3.54. The predicted molar refractivity (Wildman–Crippen MR) is 40.2 cm³/mol. The first-order chi connectivity index (χ1) is 6.11. The van der Waals surface area contributed by atoms with Gasteiger partial charge in [-0.25, -0.2) is 13.6 Å². The summed E-state index contributed by atoms with van der Waals surface area (Å²) in [7, 11) is 0. The van der Waals surface area contributed by atoms with Crippen LogP contribution in [0.3, 0.4) is 0 Å². The van der Waals surface area contributed by atoms with Gasteiger partial charge in [-0.15, -0.1) is 0 Å². The van der Waals surface area contributed by atoms with Gasteiger partial charge in [-0.2, -0.15) is 0 Å². The Labute approximate surface area is 73.4 Å². The van der Waals surface area contributed by atoms with E-state index < -0.39 is 31.5 Å². The minimum atomic E-state index is -1.79. The number of ether oxygens (including phenoxy) is 1. The van der Waals surface area contributed by atoms with Crippen molar-refractivity contribution in [1.29, 1.82) is 0 Å². The summed E-state index contributed by atoms with van der Waals surface area (Å²) in [4.78, 5) is 10.2. The third-order valence-electron chi connectivity index (χ3n) is 1.26. The Morgan fingerprint density at radius 2 is 2.23 bits per heavy atom. The Morgan fingerprint density at radius 1 is 1.62 bits per heavy atom. The van der Waals surface area contributed by atoms with Crippen molar-refractivity contribution in [3.63, 3.8) is 0 Å². The van der Waals surface area contributed by atoms with Crippen LogP contribution >= 0.6 is 0 Å². The van der Waals surface area contributed by atoms with Crippen LogP contribution in [-0.2, 0) is 4.74 Å². The van der Waals surface area contributed by atoms with Gasteiger partial charge in [0.05, 0.1) is 13.0 Å². The van der Waals surface area contributed by atoms with E-state index in [0.29, 0.717) is 6.08 Å². The third kappa shape index (κ3) is 5.10. The van der Waals surface area contributed by atoms with Gasteiger partial charge in [0.2, 0.25) is 0 Å². The molecule has 0 bridgehead atoms. The molecule has 2 atom stereocenters. The van der Waals surface area contributed by atoms with Gasteiger partial charge in [0, 0.05) is 6.42 Å². The summed E-state index contributed by atoms with van der Waals surface area (Å²) >= 11 is 0. The van der Waals surface area contributed by atoms with Crippen LogP contribution in [0.5, 0.6) is 0 Å². The maximum atomic E-state index is 12.8. The van der Waals surface area contributed by atoms with Crippen molar-refractivity contribution in [2.75, 3.05) is 6.67 Å². The fraction of sp³-hybridized carbons (Fsp3) is 0.571. The van der Waals surface area contributed by atoms with Crippen molar-refractivity contribution in [3.8, 4) is 0 Å². The second-order valence-corrected chi connectivity index (χ2v) is 2.21. The molecule has 0 heterocycles. The Balaban J connectivity index is 4.14. The number of nitrogens with two attached hydrogens (primary N) is 1. The van der Waals surface area contributed by atoms with E-state index in [0.717, 1.165) is 0 Å². The molecule has 13 heavy (non-hydrogen) atoms. The number of amides is 1. The molecule has 0 rings (SSSR count). The van der Waals surface area contributed by atoms with Crippen molar-refractivity contribution in [2.45, 2.75) is 18.7 Å². The van der Waals surface area contributed by atoms with Gasteiger partial charge in [-0.1, -0.05) is 0 Å². The van der Waals surface area contributed by atoms with Crippen LogP contribution in [0.15, 0.2) is 12.4 Å². The Morgan fingerprint density at radius 3 is 2.62 bits per heavy atom. The van der Waals surface area contributed by atoms with E-state index in [4.69, 9.17) is 0 Å². The first-order valence-corrected chi connectivity index (χ1v) is 3.54. The summed E-state index contributed by atoms with van der Waals surface area (Å²) in [5, 5.41) is 0. The molecule has 2 unspecified atom stereocenters. The largest absolute Gasteiger partial charge is 0.439 e. The zero-order valence-corrected chi connectivity index (χ0v) is 6.75. The lowest BCUT2D eigenvalue weighted by Crippen LogP contribution is -2.29. The van der Waals surface area contributed by atoms with Gasteiger partial charge in [0.25, 0.3) is 0 Å². The van der Waals surface area contributed by atoms with E-state index in [-0.39, 0.29) is 6.33 Å². The Hall–Kier alpha value is -1.20. The summed E-state index contributed by atoms with van der Waals surface area (Å²) in [5.41, 5.74) is 4.58. The summed E-state index contributed by atoms with van der Waals surface area (Å²) in [5.74, 6) is 0. The van der Waals surface area contributed by atoms with E-state index in [1.165, 1.54) is 0 Å². The molecule has 0 radical (unpaired) electrons. The van der Waals surface area contributed by atoms with Gasteiger partial charge < -0.3 is 10.5 Å². The molecule has 2 N–H and O–H groups in total. The monoisotopic (exact) mass is 197 g/mol. The minimum Gasteiger partial charge on any atom is -0.439 e. The lowest BCUT2D eigenvalue weighted by atomic mass is 10.2. The number of halogens is 3. The molecule has 0 aromatic heterocycles. The average molecular weight is 197 g/mol. The van der Waals surface area contributed by atoms with Gasteiger partial charge >= 0.3 is 6.09 Å². The maximum absolute atomic E-state index is 12.8. The van der Waals surface area contributed by atoms with Crippen LogP contribution in [0.4, 0.5) is 18.0 Å². The van der Waals surface area contributed by atoms with Gasteiger partial charge in [-0.3, -0.25) is 4.39 Å². The summed E-state index contributed by atoms with van der Waals surface area (Å²) < 4.78 is 40.3. The molecule has 0 aliphatic rings. The number of rotatable bonds is 5. The Kier molecular flexibility index (Phi) is 5.75. The molecule has 1 amide bonds. The van der Waals surface area contributed by atoms with Crippen molar-refractivity contribution < 1.29 is 22.7 Å². The third-order valence-corrected chi connectivity index (χ3v) is 1.26. The van der Waals surface area contributed by atoms with E-state index in [1.807, 2.05) is 0 Å². The maximum Gasteiger partial charge on any atom is 0.405 e. The van der Waals surface area contributed by atoms with Gasteiger partial charge in [0.15, 0.2) is 6.10 Å². The molecule has 0 spiro atoms. The van der Waals surface area contributed by atoms with Crippen molar-refractivity contribution in [3.05, 3.63) is 12.4 Å². The van der Waals surface area contributed by atoms with Crippen molar-refractivity contribution in [2.24, 2.45) is 5.73 Å². The van der Waals surface area contributed by atoms with Crippen LogP contribution in [-0.4, -0.2) is 25.0 Å². The van der Waals surface area contributed by atoms with Crippen LogP contribution < -0.4 is 5.73 Å². The molecule has 0 aromatic carbocycles. The number of hydrogen-bond donors (Lipinski definition) is 1. The predicted octanol–water partition coefficient (Wildman–Crippen LogP) is 1.63. The van der Waals surface area contributed by atoms with Crippen LogP contribution in [0, 0.1) is 0 Å². The van der Waals surface area contributed by atoms with Crippen molar-refractivity contribution >= 4 is 6.09 Å². The molecule has 6 heteroatoms. The normalized spacial score (nSPS) is 15.6. The summed E-state index contributed by atoms with van der Waals surface area (Å²) in [6.45, 7) is -0.917. The second-order valence-electron chi connectivity index (χ2n) is 2.21. The summed E-state index contributed by atoms with van der Waals surface area (Å²) in [6.07, 6.45) is -4.28. The fourth-order valence-corrected chi connectivity index (χ4v) is 0.708. The molecule has 0 aliphatic carbocycles. The number of carbonyl (C=O) groups excluding carboxylic acids is 1. The van der Waals surface area contributed by atoms with Crippen molar-refractivity contribution in [1.82, 2.24) is 0 Å². The lowest BCUT2D eigenvalue weighted by molar-refractivity contribution is 0.0708. The lowest BCUT2D eigenvalue weighted by Gasteiger charge is -2.15. The molecule has 0 aromatic rings. The summed E-state index contributed by atoms with van der Waals surface area (Å²) in [6, 6.07) is 0. The fourth-order valence-electron chi connectivity index (χ4n) is 0.708. The topological polar surface area (TPSA) is 52.3 Å². The highest BCUT2D eigenvalue weighted by atomic mass is 19.1. The van der Waals surface area contributed by atoms with Crippen LogP contribution in [0.2, 0.25) is 0 Å². The molecule has 0 aliphatic heterocycles. The quantitative estimate of drug-likeness (QED) is 0.728. The zero-order valence-electron chi connectivity index (χ0n) is 6.75. The highest BCUT2D eigenvalue weighted by molar-refractivity contribution is 5.65. The van der Waals surface area contributed by atoms with E-state index in [2.05, 4.69) is 10.5 Å². The molecular formula is C7H10F3NO2. The van der Waals surface area contributed by atoms with Gasteiger partial charge in [0.1, 0.15) is 6.17 Å². The second kappa shape index (κ2) is 6.33. The molecule has 76 valence electrons. The first kappa shape index (κ1) is 11.8. The van der Waals surface area contributed by atoms with E-state index >= 15 is 0 Å². The molecule has 3 nitrogen and oxygen atoms in total. The van der Waals surface area contributed by atoms with Gasteiger partial charge in [-0.05, 0) is 6.08 Å². The van der Waals surface area contributed by atoms with E-state index in [1.54, 1.807) is 0 Å². The molecule has 0 saturated heterocycles. The number of primary amides is 1. The van der Waals surface area contributed by atoms with Crippen LogP contribution in [0.1, 0.15) is 6.42 Å². The molecular weight excluding hydrogens is 187 g/mol.